The standard InChI is InChI=1S/C21H22N2O4/c1-13(15-4-6-19-20(12-15)27-10-9-26-19)22-21(25)17-3-5-18-16(11-17)7-8-23(18)14(2)24/h3-6,11-13H,7-10H2,1-2H3,(H,22,25). The van der Waals surface area contributed by atoms with Gasteiger partial charge in [-0.1, -0.05) is 6.07 Å². The van der Waals surface area contributed by atoms with E-state index in [1.807, 2.05) is 37.3 Å². The number of benzene rings is 2. The van der Waals surface area contributed by atoms with Gasteiger partial charge < -0.3 is 19.7 Å². The lowest BCUT2D eigenvalue weighted by Crippen LogP contribution is -2.27. The molecular weight excluding hydrogens is 344 g/mol. The van der Waals surface area contributed by atoms with E-state index in [9.17, 15) is 9.59 Å². The first-order chi connectivity index (χ1) is 13.0. The Kier molecular flexibility index (Phi) is 4.48. The molecular formula is C21H22N2O4. The van der Waals surface area contributed by atoms with Crippen LogP contribution in [0.15, 0.2) is 36.4 Å². The molecule has 2 aromatic carbocycles. The second-order valence-electron chi connectivity index (χ2n) is 6.86. The van der Waals surface area contributed by atoms with Crippen LogP contribution in [0.2, 0.25) is 0 Å². The Morgan fingerprint density at radius 2 is 1.85 bits per heavy atom. The van der Waals surface area contributed by atoms with Crippen LogP contribution in [0.25, 0.3) is 0 Å². The molecule has 27 heavy (non-hydrogen) atoms. The van der Waals surface area contributed by atoms with Crippen molar-refractivity contribution in [2.24, 2.45) is 0 Å². The molecule has 0 saturated carbocycles. The van der Waals surface area contributed by atoms with Crippen LogP contribution < -0.4 is 19.7 Å². The van der Waals surface area contributed by atoms with Crippen molar-refractivity contribution >= 4 is 17.5 Å². The molecule has 0 saturated heterocycles. The molecule has 2 aromatic rings. The summed E-state index contributed by atoms with van der Waals surface area (Å²) in [4.78, 5) is 26.1. The van der Waals surface area contributed by atoms with Crippen molar-refractivity contribution in [3.05, 3.63) is 53.1 Å². The van der Waals surface area contributed by atoms with Crippen molar-refractivity contribution in [1.82, 2.24) is 5.32 Å². The molecule has 1 N–H and O–H groups in total. The van der Waals surface area contributed by atoms with E-state index in [-0.39, 0.29) is 17.9 Å². The summed E-state index contributed by atoms with van der Waals surface area (Å²) in [5.74, 6) is 1.33. The molecule has 6 nitrogen and oxygen atoms in total. The summed E-state index contributed by atoms with van der Waals surface area (Å²) in [7, 11) is 0. The second kappa shape index (κ2) is 6.95. The Morgan fingerprint density at radius 1 is 1.07 bits per heavy atom. The fourth-order valence-electron chi connectivity index (χ4n) is 3.56. The summed E-state index contributed by atoms with van der Waals surface area (Å²) < 4.78 is 11.2. The first-order valence-corrected chi connectivity index (χ1v) is 9.14. The van der Waals surface area contributed by atoms with Crippen molar-refractivity contribution in [2.45, 2.75) is 26.3 Å². The smallest absolute Gasteiger partial charge is 0.251 e. The monoisotopic (exact) mass is 366 g/mol. The molecule has 2 amide bonds. The Bertz CT molecular complexity index is 909. The maximum absolute atomic E-state index is 12.7. The van der Waals surface area contributed by atoms with E-state index in [0.29, 0.717) is 31.1 Å². The Labute approximate surface area is 158 Å². The second-order valence-corrected chi connectivity index (χ2v) is 6.86. The predicted molar refractivity (Wildman–Crippen MR) is 101 cm³/mol. The van der Waals surface area contributed by atoms with Crippen molar-refractivity contribution in [1.29, 1.82) is 0 Å². The fourth-order valence-corrected chi connectivity index (χ4v) is 3.56. The largest absolute Gasteiger partial charge is 0.486 e. The zero-order chi connectivity index (χ0) is 19.0. The molecule has 0 spiro atoms. The van der Waals surface area contributed by atoms with E-state index in [2.05, 4.69) is 5.32 Å². The van der Waals surface area contributed by atoms with Crippen LogP contribution in [-0.4, -0.2) is 31.6 Å². The molecule has 6 heteroatoms. The minimum absolute atomic E-state index is 0.0261. The van der Waals surface area contributed by atoms with Crippen molar-refractivity contribution in [2.75, 3.05) is 24.7 Å². The quantitative estimate of drug-likeness (QED) is 0.907. The number of amides is 2. The van der Waals surface area contributed by atoms with E-state index in [1.165, 1.54) is 0 Å². The highest BCUT2D eigenvalue weighted by Gasteiger charge is 2.23. The van der Waals surface area contributed by atoms with Gasteiger partial charge in [-0.25, -0.2) is 0 Å². The summed E-state index contributed by atoms with van der Waals surface area (Å²) in [6.07, 6.45) is 0.772. The number of nitrogens with one attached hydrogen (secondary N) is 1. The molecule has 0 fully saturated rings. The maximum Gasteiger partial charge on any atom is 0.251 e. The summed E-state index contributed by atoms with van der Waals surface area (Å²) in [6, 6.07) is 11.1. The van der Waals surface area contributed by atoms with Gasteiger partial charge in [0.2, 0.25) is 5.91 Å². The van der Waals surface area contributed by atoms with Gasteiger partial charge in [0.05, 0.1) is 6.04 Å². The van der Waals surface area contributed by atoms with Gasteiger partial charge in [-0.3, -0.25) is 9.59 Å². The first kappa shape index (κ1) is 17.4. The highest BCUT2D eigenvalue weighted by atomic mass is 16.6. The number of carbonyl (C=O) groups is 2. The minimum atomic E-state index is -0.171. The van der Waals surface area contributed by atoms with Gasteiger partial charge >= 0.3 is 0 Å². The highest BCUT2D eigenvalue weighted by molar-refractivity contribution is 5.98. The van der Waals surface area contributed by atoms with Gasteiger partial charge in [0, 0.05) is 24.7 Å². The summed E-state index contributed by atoms with van der Waals surface area (Å²) in [6.45, 7) is 5.25. The third-order valence-electron chi connectivity index (χ3n) is 5.03. The highest BCUT2D eigenvalue weighted by Crippen LogP contribution is 2.33. The Hall–Kier alpha value is -3.02. The van der Waals surface area contributed by atoms with Crippen LogP contribution in [0.3, 0.4) is 0 Å². The van der Waals surface area contributed by atoms with E-state index < -0.39 is 0 Å². The Morgan fingerprint density at radius 3 is 2.63 bits per heavy atom. The van der Waals surface area contributed by atoms with Crippen LogP contribution in [0.4, 0.5) is 5.69 Å². The predicted octanol–water partition coefficient (Wildman–Crippen LogP) is 2.86. The van der Waals surface area contributed by atoms with Crippen LogP contribution in [0.5, 0.6) is 11.5 Å². The topological polar surface area (TPSA) is 67.9 Å². The molecule has 2 aliphatic rings. The molecule has 2 aliphatic heterocycles. The number of carbonyl (C=O) groups excluding carboxylic acids is 2. The third-order valence-corrected chi connectivity index (χ3v) is 5.03. The number of ether oxygens (including phenoxy) is 2. The molecule has 0 bridgehead atoms. The van der Waals surface area contributed by atoms with Gasteiger partial charge in [-0.15, -0.1) is 0 Å². The number of anilines is 1. The number of rotatable bonds is 3. The summed E-state index contributed by atoms with van der Waals surface area (Å²) in [5.41, 5.74) is 3.49. The van der Waals surface area contributed by atoms with E-state index >= 15 is 0 Å². The van der Waals surface area contributed by atoms with E-state index in [1.54, 1.807) is 17.9 Å². The lowest BCUT2D eigenvalue weighted by atomic mass is 10.0. The van der Waals surface area contributed by atoms with Gasteiger partial charge in [0.25, 0.3) is 5.91 Å². The Balaban J connectivity index is 1.48. The van der Waals surface area contributed by atoms with Gasteiger partial charge in [-0.05, 0) is 54.8 Å². The first-order valence-electron chi connectivity index (χ1n) is 9.14. The summed E-state index contributed by atoms with van der Waals surface area (Å²) >= 11 is 0. The van der Waals surface area contributed by atoms with E-state index in [4.69, 9.17) is 9.47 Å². The SMILES string of the molecule is CC(=O)N1CCc2cc(C(=O)NC(C)c3ccc4c(c3)OCCO4)ccc21. The number of nitrogens with zero attached hydrogens (tertiary/aromatic N) is 1. The molecule has 0 radical (unpaired) electrons. The van der Waals surface area contributed by atoms with Crippen molar-refractivity contribution < 1.29 is 19.1 Å². The zero-order valence-corrected chi connectivity index (χ0v) is 15.5. The normalized spacial score (nSPS) is 15.9. The van der Waals surface area contributed by atoms with E-state index in [0.717, 1.165) is 29.0 Å². The number of hydrogen-bond acceptors (Lipinski definition) is 4. The average molecular weight is 366 g/mol. The lowest BCUT2D eigenvalue weighted by molar-refractivity contribution is -0.116. The van der Waals surface area contributed by atoms with Crippen LogP contribution in [-0.2, 0) is 11.2 Å². The average Bonchev–Trinajstić information content (AvgIpc) is 3.11. The van der Waals surface area contributed by atoms with Crippen molar-refractivity contribution in [3.8, 4) is 11.5 Å². The van der Waals surface area contributed by atoms with Crippen LogP contribution in [0, 0.1) is 0 Å². The fraction of sp³-hybridized carbons (Fsp3) is 0.333. The number of hydrogen-bond donors (Lipinski definition) is 1. The lowest BCUT2D eigenvalue weighted by Gasteiger charge is -2.21. The van der Waals surface area contributed by atoms with Gasteiger partial charge in [-0.2, -0.15) is 0 Å². The van der Waals surface area contributed by atoms with Crippen molar-refractivity contribution in [3.63, 3.8) is 0 Å². The van der Waals surface area contributed by atoms with Gasteiger partial charge in [0.15, 0.2) is 11.5 Å². The van der Waals surface area contributed by atoms with Crippen LogP contribution >= 0.6 is 0 Å². The third kappa shape index (κ3) is 3.35. The zero-order valence-electron chi connectivity index (χ0n) is 15.5. The minimum Gasteiger partial charge on any atom is -0.486 e. The molecule has 0 aliphatic carbocycles. The molecule has 1 unspecified atom stereocenters. The van der Waals surface area contributed by atoms with Crippen LogP contribution in [0.1, 0.15) is 41.4 Å². The maximum atomic E-state index is 12.7. The van der Waals surface area contributed by atoms with Gasteiger partial charge in [0.1, 0.15) is 13.2 Å². The molecule has 1 atom stereocenters. The molecule has 4 rings (SSSR count). The molecule has 140 valence electrons. The summed E-state index contributed by atoms with van der Waals surface area (Å²) in [5, 5.41) is 3.03. The molecule has 2 heterocycles. The molecule has 0 aromatic heterocycles. The number of fused-ring (bicyclic) bond motifs is 2.